The lowest BCUT2D eigenvalue weighted by molar-refractivity contribution is -0.134. The van der Waals surface area contributed by atoms with Crippen molar-refractivity contribution in [2.24, 2.45) is 0 Å². The number of amides is 4. The van der Waals surface area contributed by atoms with E-state index in [2.05, 4.69) is 5.32 Å². The number of carbonyl (C=O) groups excluding carboxylic acids is 3. The van der Waals surface area contributed by atoms with Crippen molar-refractivity contribution < 1.29 is 19.1 Å². The Morgan fingerprint density at radius 3 is 2.14 bits per heavy atom. The van der Waals surface area contributed by atoms with Gasteiger partial charge in [0, 0.05) is 40.3 Å². The summed E-state index contributed by atoms with van der Waals surface area (Å²) < 4.78 is 4.92. The van der Waals surface area contributed by atoms with Crippen molar-refractivity contribution in [2.75, 3.05) is 46.9 Å². The van der Waals surface area contributed by atoms with Crippen LogP contribution in [0.25, 0.3) is 0 Å². The summed E-state index contributed by atoms with van der Waals surface area (Å²) in [6.45, 7) is 5.53. The van der Waals surface area contributed by atoms with E-state index in [1.165, 1.54) is 4.90 Å². The Balaban J connectivity index is 2.44. The smallest absolute Gasteiger partial charge is 0.409 e. The molecule has 120 valence electrons. The highest BCUT2D eigenvalue weighted by Crippen LogP contribution is 2.06. The SMILES string of the molecule is CCOC(=O)N1CCN(C(=O)[C@H](C)NC(=O)N(C)C)CC1. The van der Waals surface area contributed by atoms with Gasteiger partial charge in [0.2, 0.25) is 5.91 Å². The number of hydrogen-bond donors (Lipinski definition) is 1. The maximum Gasteiger partial charge on any atom is 0.409 e. The lowest BCUT2D eigenvalue weighted by Gasteiger charge is -2.35. The number of carbonyl (C=O) groups is 3. The molecule has 1 fully saturated rings. The van der Waals surface area contributed by atoms with E-state index in [0.717, 1.165) is 0 Å². The third kappa shape index (κ3) is 4.80. The van der Waals surface area contributed by atoms with Crippen molar-refractivity contribution in [3.63, 3.8) is 0 Å². The quantitative estimate of drug-likeness (QED) is 0.792. The minimum atomic E-state index is -0.589. The monoisotopic (exact) mass is 300 g/mol. The Hall–Kier alpha value is -1.99. The molecular formula is C13H24N4O4. The number of nitrogens with one attached hydrogen (secondary N) is 1. The molecule has 0 aromatic heterocycles. The molecule has 4 amide bonds. The van der Waals surface area contributed by atoms with Gasteiger partial charge in [-0.2, -0.15) is 0 Å². The molecule has 1 saturated heterocycles. The Morgan fingerprint density at radius 1 is 1.14 bits per heavy atom. The van der Waals surface area contributed by atoms with Crippen LogP contribution in [0.3, 0.4) is 0 Å². The van der Waals surface area contributed by atoms with Gasteiger partial charge >= 0.3 is 12.1 Å². The average Bonchev–Trinajstić information content (AvgIpc) is 2.46. The highest BCUT2D eigenvalue weighted by Gasteiger charge is 2.28. The summed E-state index contributed by atoms with van der Waals surface area (Å²) >= 11 is 0. The van der Waals surface area contributed by atoms with Crippen LogP contribution in [0.2, 0.25) is 0 Å². The molecule has 1 rings (SSSR count). The normalized spacial score (nSPS) is 16.2. The number of nitrogens with zero attached hydrogens (tertiary/aromatic N) is 3. The summed E-state index contributed by atoms with van der Waals surface area (Å²) in [7, 11) is 3.23. The van der Waals surface area contributed by atoms with Crippen molar-refractivity contribution >= 4 is 18.0 Å². The molecule has 1 heterocycles. The van der Waals surface area contributed by atoms with Gasteiger partial charge in [-0.05, 0) is 13.8 Å². The largest absolute Gasteiger partial charge is 0.450 e. The van der Waals surface area contributed by atoms with Crippen molar-refractivity contribution in [1.82, 2.24) is 20.0 Å². The fraction of sp³-hybridized carbons (Fsp3) is 0.769. The molecule has 0 radical (unpaired) electrons. The Kier molecular flexibility index (Phi) is 6.26. The van der Waals surface area contributed by atoms with Crippen LogP contribution in [-0.4, -0.2) is 85.7 Å². The molecule has 1 N–H and O–H groups in total. The zero-order chi connectivity index (χ0) is 16.0. The maximum absolute atomic E-state index is 12.2. The highest BCUT2D eigenvalue weighted by atomic mass is 16.6. The summed E-state index contributed by atoms with van der Waals surface area (Å²) in [4.78, 5) is 39.9. The van der Waals surface area contributed by atoms with E-state index in [4.69, 9.17) is 4.74 Å². The van der Waals surface area contributed by atoms with Gasteiger partial charge in [-0.25, -0.2) is 9.59 Å². The van der Waals surface area contributed by atoms with E-state index in [-0.39, 0.29) is 18.0 Å². The molecule has 0 spiro atoms. The second-order valence-electron chi connectivity index (χ2n) is 5.08. The van der Waals surface area contributed by atoms with Crippen LogP contribution in [0.5, 0.6) is 0 Å². The molecule has 0 aliphatic carbocycles. The molecule has 1 aliphatic heterocycles. The molecule has 21 heavy (non-hydrogen) atoms. The van der Waals surface area contributed by atoms with Gasteiger partial charge in [0.15, 0.2) is 0 Å². The first-order chi connectivity index (χ1) is 9.86. The van der Waals surface area contributed by atoms with Crippen LogP contribution in [0.1, 0.15) is 13.8 Å². The van der Waals surface area contributed by atoms with Crippen molar-refractivity contribution in [3.05, 3.63) is 0 Å². The Bertz CT molecular complexity index is 392. The second kappa shape index (κ2) is 7.70. The van der Waals surface area contributed by atoms with E-state index in [9.17, 15) is 14.4 Å². The van der Waals surface area contributed by atoms with Gasteiger partial charge in [0.1, 0.15) is 6.04 Å². The molecule has 8 nitrogen and oxygen atoms in total. The first-order valence-corrected chi connectivity index (χ1v) is 7.05. The first-order valence-electron chi connectivity index (χ1n) is 7.05. The van der Waals surface area contributed by atoms with Gasteiger partial charge in [0.05, 0.1) is 6.61 Å². The fourth-order valence-corrected chi connectivity index (χ4v) is 1.97. The molecule has 0 aromatic rings. The number of hydrogen-bond acceptors (Lipinski definition) is 4. The topological polar surface area (TPSA) is 82.2 Å². The van der Waals surface area contributed by atoms with Crippen LogP contribution >= 0.6 is 0 Å². The van der Waals surface area contributed by atoms with E-state index in [1.807, 2.05) is 0 Å². The summed E-state index contributed by atoms with van der Waals surface area (Å²) in [5.41, 5.74) is 0. The summed E-state index contributed by atoms with van der Waals surface area (Å²) in [5, 5.41) is 2.62. The second-order valence-corrected chi connectivity index (χ2v) is 5.08. The van der Waals surface area contributed by atoms with Gasteiger partial charge in [-0.3, -0.25) is 4.79 Å². The summed E-state index contributed by atoms with van der Waals surface area (Å²) in [5.74, 6) is -0.145. The van der Waals surface area contributed by atoms with Crippen molar-refractivity contribution in [3.8, 4) is 0 Å². The zero-order valence-electron chi connectivity index (χ0n) is 13.1. The van der Waals surface area contributed by atoms with E-state index in [1.54, 1.807) is 37.7 Å². The highest BCUT2D eigenvalue weighted by molar-refractivity contribution is 5.86. The van der Waals surface area contributed by atoms with Crippen LogP contribution in [-0.2, 0) is 9.53 Å². The molecule has 0 unspecified atom stereocenters. The molecule has 8 heteroatoms. The molecular weight excluding hydrogens is 276 g/mol. The van der Waals surface area contributed by atoms with Crippen molar-refractivity contribution in [2.45, 2.75) is 19.9 Å². The minimum Gasteiger partial charge on any atom is -0.450 e. The summed E-state index contributed by atoms with van der Waals surface area (Å²) in [6, 6.07) is -0.893. The van der Waals surface area contributed by atoms with Crippen LogP contribution < -0.4 is 5.32 Å². The molecule has 1 atom stereocenters. The molecule has 0 aromatic carbocycles. The lowest BCUT2D eigenvalue weighted by Crippen LogP contribution is -2.56. The maximum atomic E-state index is 12.2. The predicted octanol–water partition coefficient (Wildman–Crippen LogP) is -0.0532. The number of rotatable bonds is 3. The number of piperazine rings is 1. The Morgan fingerprint density at radius 2 is 1.67 bits per heavy atom. The number of ether oxygens (including phenoxy) is 1. The third-order valence-corrected chi connectivity index (χ3v) is 3.23. The standard InChI is InChI=1S/C13H24N4O4/c1-5-21-13(20)17-8-6-16(7-9-17)11(18)10(2)14-12(19)15(3)4/h10H,5-9H2,1-4H3,(H,14,19)/t10-/m0/s1. The van der Waals surface area contributed by atoms with Gasteiger partial charge in [0.25, 0.3) is 0 Å². The molecule has 0 bridgehead atoms. The minimum absolute atomic E-state index is 0.145. The summed E-state index contributed by atoms with van der Waals surface area (Å²) in [6.07, 6.45) is -0.349. The predicted molar refractivity (Wildman–Crippen MR) is 76.9 cm³/mol. The molecule has 1 aliphatic rings. The lowest BCUT2D eigenvalue weighted by atomic mass is 10.2. The average molecular weight is 300 g/mol. The Labute approximate surface area is 125 Å². The van der Waals surface area contributed by atoms with E-state index < -0.39 is 6.04 Å². The van der Waals surface area contributed by atoms with Crippen LogP contribution in [0.4, 0.5) is 9.59 Å². The first kappa shape index (κ1) is 17.1. The molecule has 0 saturated carbocycles. The zero-order valence-corrected chi connectivity index (χ0v) is 13.1. The van der Waals surface area contributed by atoms with E-state index in [0.29, 0.717) is 32.8 Å². The number of urea groups is 1. The fourth-order valence-electron chi connectivity index (χ4n) is 1.97. The van der Waals surface area contributed by atoms with Gasteiger partial charge < -0.3 is 24.8 Å². The van der Waals surface area contributed by atoms with Crippen LogP contribution in [0, 0.1) is 0 Å². The van der Waals surface area contributed by atoms with E-state index >= 15 is 0 Å². The van der Waals surface area contributed by atoms with Gasteiger partial charge in [-0.1, -0.05) is 0 Å². The van der Waals surface area contributed by atoms with Gasteiger partial charge in [-0.15, -0.1) is 0 Å². The van der Waals surface area contributed by atoms with Crippen molar-refractivity contribution in [1.29, 1.82) is 0 Å². The van der Waals surface area contributed by atoms with Crippen LogP contribution in [0.15, 0.2) is 0 Å². The third-order valence-electron chi connectivity index (χ3n) is 3.23.